The Kier molecular flexibility index (Phi) is 2.11. The average Bonchev–Trinajstić information content (AvgIpc) is 2.36. The summed E-state index contributed by atoms with van der Waals surface area (Å²) in [5.41, 5.74) is 5.81. The van der Waals surface area contributed by atoms with Crippen LogP contribution in [0.25, 0.3) is 21.8 Å². The predicted octanol–water partition coefficient (Wildman–Crippen LogP) is 3.71. The van der Waals surface area contributed by atoms with Crippen molar-refractivity contribution in [3.05, 3.63) is 47.3 Å². The number of benzene rings is 1. The Balaban J connectivity index is 2.65. The van der Waals surface area contributed by atoms with E-state index in [2.05, 4.69) is 42.9 Å². The third kappa shape index (κ3) is 1.41. The molecule has 0 aliphatic carbocycles. The van der Waals surface area contributed by atoms with Crippen molar-refractivity contribution >= 4 is 21.8 Å². The number of hydrogen-bond donors (Lipinski definition) is 0. The van der Waals surface area contributed by atoms with E-state index < -0.39 is 0 Å². The van der Waals surface area contributed by atoms with Crippen molar-refractivity contribution in [1.82, 2.24) is 9.97 Å². The van der Waals surface area contributed by atoms with Crippen LogP contribution in [0.2, 0.25) is 0 Å². The Morgan fingerprint density at radius 3 is 2.41 bits per heavy atom. The van der Waals surface area contributed by atoms with Gasteiger partial charge >= 0.3 is 0 Å². The quantitative estimate of drug-likeness (QED) is 0.542. The topological polar surface area (TPSA) is 25.8 Å². The summed E-state index contributed by atoms with van der Waals surface area (Å²) in [5, 5.41) is 2.42. The van der Waals surface area contributed by atoms with Gasteiger partial charge in [0.2, 0.25) is 0 Å². The van der Waals surface area contributed by atoms with Gasteiger partial charge in [-0.2, -0.15) is 0 Å². The molecule has 0 amide bonds. The summed E-state index contributed by atoms with van der Waals surface area (Å²) in [4.78, 5) is 9.03. The minimum atomic E-state index is 1.01. The van der Waals surface area contributed by atoms with E-state index in [0.717, 1.165) is 11.0 Å². The predicted molar refractivity (Wildman–Crippen MR) is 71.3 cm³/mol. The first-order valence-electron chi connectivity index (χ1n) is 5.78. The molecule has 0 fully saturated rings. The second-order valence-electron chi connectivity index (χ2n) is 4.56. The molecular formula is C15H14N2. The van der Waals surface area contributed by atoms with Crippen LogP contribution in [0.4, 0.5) is 0 Å². The maximum atomic E-state index is 4.55. The van der Waals surface area contributed by atoms with Gasteiger partial charge in [0.05, 0.1) is 11.0 Å². The molecule has 0 bridgehead atoms. The molecular weight excluding hydrogens is 208 g/mol. The minimum Gasteiger partial charge on any atom is -0.254 e. The number of aryl methyl sites for hydroxylation is 3. The van der Waals surface area contributed by atoms with Crippen LogP contribution in [-0.4, -0.2) is 9.97 Å². The number of pyridine rings is 2. The van der Waals surface area contributed by atoms with Gasteiger partial charge < -0.3 is 0 Å². The number of nitrogens with zero attached hydrogens (tertiary/aromatic N) is 2. The second kappa shape index (κ2) is 3.52. The lowest BCUT2D eigenvalue weighted by atomic mass is 9.98. The molecule has 2 heterocycles. The molecule has 0 unspecified atom stereocenters. The Morgan fingerprint density at radius 2 is 1.59 bits per heavy atom. The van der Waals surface area contributed by atoms with Crippen molar-refractivity contribution in [2.45, 2.75) is 20.8 Å². The van der Waals surface area contributed by atoms with Crippen LogP contribution in [0.1, 0.15) is 16.7 Å². The van der Waals surface area contributed by atoms with Gasteiger partial charge in [-0.3, -0.25) is 9.97 Å². The lowest BCUT2D eigenvalue weighted by Gasteiger charge is -2.10. The van der Waals surface area contributed by atoms with E-state index >= 15 is 0 Å². The van der Waals surface area contributed by atoms with E-state index in [1.165, 1.54) is 27.5 Å². The van der Waals surface area contributed by atoms with Crippen molar-refractivity contribution in [1.29, 1.82) is 0 Å². The summed E-state index contributed by atoms with van der Waals surface area (Å²) < 4.78 is 0. The van der Waals surface area contributed by atoms with E-state index in [4.69, 9.17) is 0 Å². The van der Waals surface area contributed by atoms with Crippen molar-refractivity contribution in [2.75, 3.05) is 0 Å². The fourth-order valence-electron chi connectivity index (χ4n) is 2.34. The van der Waals surface area contributed by atoms with E-state index in [0.29, 0.717) is 0 Å². The van der Waals surface area contributed by atoms with E-state index in [1.807, 2.05) is 18.5 Å². The largest absolute Gasteiger partial charge is 0.254 e. The molecule has 0 atom stereocenters. The summed E-state index contributed by atoms with van der Waals surface area (Å²) in [6, 6.07) is 6.29. The van der Waals surface area contributed by atoms with Crippen LogP contribution in [0, 0.1) is 20.8 Å². The van der Waals surface area contributed by atoms with Gasteiger partial charge in [0.1, 0.15) is 0 Å². The molecule has 0 saturated heterocycles. The van der Waals surface area contributed by atoms with E-state index in [9.17, 15) is 0 Å². The van der Waals surface area contributed by atoms with Crippen molar-refractivity contribution in [3.8, 4) is 0 Å². The summed E-state index contributed by atoms with van der Waals surface area (Å²) >= 11 is 0. The molecule has 1 aromatic carbocycles. The molecule has 0 aliphatic heterocycles. The smallest absolute Gasteiger partial charge is 0.0967 e. The van der Waals surface area contributed by atoms with E-state index in [1.54, 1.807) is 0 Å². The molecule has 3 rings (SSSR count). The molecule has 84 valence electrons. The van der Waals surface area contributed by atoms with Gasteiger partial charge in [-0.25, -0.2) is 0 Å². The first kappa shape index (κ1) is 10.2. The molecule has 0 N–H and O–H groups in total. The fourth-order valence-corrected chi connectivity index (χ4v) is 2.34. The molecule has 2 heteroatoms. The number of aromatic nitrogens is 2. The molecule has 2 aromatic heterocycles. The monoisotopic (exact) mass is 222 g/mol. The van der Waals surface area contributed by atoms with Gasteiger partial charge in [0.15, 0.2) is 0 Å². The third-order valence-electron chi connectivity index (χ3n) is 3.43. The molecule has 0 saturated carbocycles. The summed E-state index contributed by atoms with van der Waals surface area (Å²) in [7, 11) is 0. The molecule has 0 aliphatic rings. The van der Waals surface area contributed by atoms with Crippen molar-refractivity contribution in [3.63, 3.8) is 0 Å². The Morgan fingerprint density at radius 1 is 0.882 bits per heavy atom. The SMILES string of the molecule is Cc1cnc2c(c1)c(C)c(C)c1cccnc12. The van der Waals surface area contributed by atoms with Crippen LogP contribution < -0.4 is 0 Å². The van der Waals surface area contributed by atoms with Crippen LogP contribution in [0.15, 0.2) is 30.6 Å². The zero-order valence-electron chi connectivity index (χ0n) is 10.3. The van der Waals surface area contributed by atoms with Crippen molar-refractivity contribution in [2.24, 2.45) is 0 Å². The Labute approximate surface area is 100 Å². The standard InChI is InChI=1S/C15H14N2/c1-9-7-13-11(3)10(2)12-5-4-6-16-14(12)15(13)17-8-9/h4-8H,1-3H3. The molecule has 3 aromatic rings. The highest BCUT2D eigenvalue weighted by Crippen LogP contribution is 2.29. The first-order valence-corrected chi connectivity index (χ1v) is 5.78. The lowest BCUT2D eigenvalue weighted by molar-refractivity contribution is 1.30. The van der Waals surface area contributed by atoms with Gasteiger partial charge in [0.25, 0.3) is 0 Å². The lowest BCUT2D eigenvalue weighted by Crippen LogP contribution is -1.93. The maximum absolute atomic E-state index is 4.55. The van der Waals surface area contributed by atoms with Crippen LogP contribution >= 0.6 is 0 Å². The molecule has 0 radical (unpaired) electrons. The highest BCUT2D eigenvalue weighted by molar-refractivity contribution is 6.06. The number of hydrogen-bond acceptors (Lipinski definition) is 2. The van der Waals surface area contributed by atoms with Gasteiger partial charge in [-0.15, -0.1) is 0 Å². The molecule has 0 spiro atoms. The first-order chi connectivity index (χ1) is 8.18. The Bertz CT molecular complexity index is 730. The van der Waals surface area contributed by atoms with Crippen molar-refractivity contribution < 1.29 is 0 Å². The van der Waals surface area contributed by atoms with Crippen LogP contribution in [-0.2, 0) is 0 Å². The van der Waals surface area contributed by atoms with E-state index in [-0.39, 0.29) is 0 Å². The minimum absolute atomic E-state index is 1.01. The zero-order chi connectivity index (χ0) is 12.0. The van der Waals surface area contributed by atoms with Gasteiger partial charge in [0, 0.05) is 23.2 Å². The molecule has 17 heavy (non-hydrogen) atoms. The maximum Gasteiger partial charge on any atom is 0.0967 e. The zero-order valence-corrected chi connectivity index (χ0v) is 10.3. The normalized spacial score (nSPS) is 11.2. The Hall–Kier alpha value is -1.96. The summed E-state index contributed by atoms with van der Waals surface area (Å²) in [5.74, 6) is 0. The summed E-state index contributed by atoms with van der Waals surface area (Å²) in [6.07, 6.45) is 3.74. The number of rotatable bonds is 0. The highest BCUT2D eigenvalue weighted by Gasteiger charge is 2.09. The second-order valence-corrected chi connectivity index (χ2v) is 4.56. The number of fused-ring (bicyclic) bond motifs is 3. The van der Waals surface area contributed by atoms with Crippen LogP contribution in [0.3, 0.4) is 0 Å². The van der Waals surface area contributed by atoms with Gasteiger partial charge in [-0.05, 0) is 49.6 Å². The summed E-state index contributed by atoms with van der Waals surface area (Å²) in [6.45, 7) is 6.39. The molecule has 2 nitrogen and oxygen atoms in total. The third-order valence-corrected chi connectivity index (χ3v) is 3.43. The van der Waals surface area contributed by atoms with Crippen LogP contribution in [0.5, 0.6) is 0 Å². The highest BCUT2D eigenvalue weighted by atomic mass is 14.7. The average molecular weight is 222 g/mol. The fraction of sp³-hybridized carbons (Fsp3) is 0.200. The van der Waals surface area contributed by atoms with Gasteiger partial charge in [-0.1, -0.05) is 6.07 Å².